The number of aryl methyl sites for hydroxylation is 1. The van der Waals surface area contributed by atoms with E-state index in [0.717, 1.165) is 16.8 Å². The van der Waals surface area contributed by atoms with Crippen molar-refractivity contribution in [1.29, 1.82) is 0 Å². The summed E-state index contributed by atoms with van der Waals surface area (Å²) in [5.41, 5.74) is 0.0841. The molecule has 0 saturated carbocycles. The Morgan fingerprint density at radius 3 is 2.68 bits per heavy atom. The molecule has 7 heteroatoms. The minimum Gasteiger partial charge on any atom is -0.361 e. The second-order valence-corrected chi connectivity index (χ2v) is 4.98. The highest BCUT2D eigenvalue weighted by Gasteiger charge is 2.34. The van der Waals surface area contributed by atoms with E-state index < -0.39 is 11.7 Å². The standard InChI is InChI=1S/C12H12F3N3S/c1-7-6-19-11(17-7)8(2)18-10-9(12(13,14)15)4-3-5-16-10/h3-6,8H,1-2H3,(H,16,18). The molecule has 2 aromatic rings. The number of hydrogen-bond donors (Lipinski definition) is 1. The molecule has 1 unspecified atom stereocenters. The zero-order chi connectivity index (χ0) is 14.0. The van der Waals surface area contributed by atoms with E-state index >= 15 is 0 Å². The zero-order valence-electron chi connectivity index (χ0n) is 10.3. The fourth-order valence-electron chi connectivity index (χ4n) is 1.59. The monoisotopic (exact) mass is 287 g/mol. The second-order valence-electron chi connectivity index (χ2n) is 4.09. The van der Waals surface area contributed by atoms with E-state index in [2.05, 4.69) is 15.3 Å². The highest BCUT2D eigenvalue weighted by molar-refractivity contribution is 7.09. The summed E-state index contributed by atoms with van der Waals surface area (Å²) in [6.07, 6.45) is -3.09. The largest absolute Gasteiger partial charge is 0.419 e. The van der Waals surface area contributed by atoms with Gasteiger partial charge in [-0.1, -0.05) is 0 Å². The lowest BCUT2D eigenvalue weighted by Gasteiger charge is -2.16. The Hall–Kier alpha value is -1.63. The molecule has 0 aliphatic heterocycles. The van der Waals surface area contributed by atoms with Crippen molar-refractivity contribution in [2.75, 3.05) is 5.32 Å². The van der Waals surface area contributed by atoms with Gasteiger partial charge in [-0.25, -0.2) is 9.97 Å². The SMILES string of the molecule is Cc1csc(C(C)Nc2ncccc2C(F)(F)F)n1. The lowest BCUT2D eigenvalue weighted by molar-refractivity contribution is -0.137. The van der Waals surface area contributed by atoms with Crippen molar-refractivity contribution < 1.29 is 13.2 Å². The average molecular weight is 287 g/mol. The predicted molar refractivity (Wildman–Crippen MR) is 68.1 cm³/mol. The van der Waals surface area contributed by atoms with Crippen molar-refractivity contribution in [1.82, 2.24) is 9.97 Å². The average Bonchev–Trinajstić information content (AvgIpc) is 2.75. The zero-order valence-corrected chi connectivity index (χ0v) is 11.1. The molecule has 1 atom stereocenters. The van der Waals surface area contributed by atoms with E-state index in [1.807, 2.05) is 12.3 Å². The third-order valence-corrected chi connectivity index (χ3v) is 3.62. The molecule has 0 bridgehead atoms. The molecule has 0 spiro atoms. The molecule has 2 heterocycles. The Kier molecular flexibility index (Phi) is 3.75. The smallest absolute Gasteiger partial charge is 0.361 e. The van der Waals surface area contributed by atoms with Crippen LogP contribution in [0.3, 0.4) is 0 Å². The second kappa shape index (κ2) is 5.16. The van der Waals surface area contributed by atoms with Crippen LogP contribution < -0.4 is 5.32 Å². The molecule has 2 rings (SSSR count). The maximum Gasteiger partial charge on any atom is 0.419 e. The number of hydrogen-bond acceptors (Lipinski definition) is 4. The van der Waals surface area contributed by atoms with Crippen LogP contribution >= 0.6 is 11.3 Å². The van der Waals surface area contributed by atoms with Crippen LogP contribution in [0.25, 0.3) is 0 Å². The number of aromatic nitrogens is 2. The van der Waals surface area contributed by atoms with Gasteiger partial charge in [0.2, 0.25) is 0 Å². The minimum atomic E-state index is -4.42. The predicted octanol–water partition coefficient (Wildman–Crippen LogP) is 4.04. The van der Waals surface area contributed by atoms with E-state index in [1.54, 1.807) is 6.92 Å². The molecule has 19 heavy (non-hydrogen) atoms. The number of pyridine rings is 1. The number of nitrogens with one attached hydrogen (secondary N) is 1. The van der Waals surface area contributed by atoms with Gasteiger partial charge in [-0.05, 0) is 26.0 Å². The quantitative estimate of drug-likeness (QED) is 0.925. The van der Waals surface area contributed by atoms with Gasteiger partial charge in [-0.2, -0.15) is 13.2 Å². The number of thiazole rings is 1. The van der Waals surface area contributed by atoms with Gasteiger partial charge < -0.3 is 5.32 Å². The first-order valence-electron chi connectivity index (χ1n) is 5.58. The first kappa shape index (κ1) is 13.8. The number of anilines is 1. The molecule has 0 aliphatic carbocycles. The first-order chi connectivity index (χ1) is 8.88. The molecule has 3 nitrogen and oxygen atoms in total. The van der Waals surface area contributed by atoms with Gasteiger partial charge in [0.25, 0.3) is 0 Å². The molecule has 102 valence electrons. The summed E-state index contributed by atoms with van der Waals surface area (Å²) < 4.78 is 38.4. The Labute approximate surface area is 112 Å². The third kappa shape index (κ3) is 3.23. The number of alkyl halides is 3. The highest BCUT2D eigenvalue weighted by atomic mass is 32.1. The molecular weight excluding hydrogens is 275 g/mol. The van der Waals surface area contributed by atoms with Crippen LogP contribution in [0.1, 0.15) is 29.2 Å². The summed E-state index contributed by atoms with van der Waals surface area (Å²) in [6, 6.07) is 1.95. The van der Waals surface area contributed by atoms with Crippen LogP contribution in [0, 0.1) is 6.92 Å². The summed E-state index contributed by atoms with van der Waals surface area (Å²) in [4.78, 5) is 8.01. The van der Waals surface area contributed by atoms with Crippen molar-refractivity contribution in [3.8, 4) is 0 Å². The molecule has 1 N–H and O–H groups in total. The Morgan fingerprint density at radius 1 is 1.37 bits per heavy atom. The van der Waals surface area contributed by atoms with Gasteiger partial charge >= 0.3 is 6.18 Å². The van der Waals surface area contributed by atoms with Gasteiger partial charge in [0.1, 0.15) is 10.8 Å². The normalized spacial score (nSPS) is 13.3. The van der Waals surface area contributed by atoms with Gasteiger partial charge in [0.05, 0.1) is 11.6 Å². The van der Waals surface area contributed by atoms with Crippen molar-refractivity contribution in [3.05, 3.63) is 40.0 Å². The van der Waals surface area contributed by atoms with Gasteiger partial charge in [-0.15, -0.1) is 11.3 Å². The van der Waals surface area contributed by atoms with Crippen LogP contribution in [0.2, 0.25) is 0 Å². The van der Waals surface area contributed by atoms with E-state index in [9.17, 15) is 13.2 Å². The van der Waals surface area contributed by atoms with Crippen molar-refractivity contribution in [2.45, 2.75) is 26.1 Å². The van der Waals surface area contributed by atoms with Crippen molar-refractivity contribution in [2.24, 2.45) is 0 Å². The third-order valence-electron chi connectivity index (χ3n) is 2.47. The van der Waals surface area contributed by atoms with Gasteiger partial charge in [0, 0.05) is 17.3 Å². The summed E-state index contributed by atoms with van der Waals surface area (Å²) in [6.45, 7) is 3.60. The Bertz CT molecular complexity index is 565. The molecule has 0 amide bonds. The fourth-order valence-corrected chi connectivity index (χ4v) is 2.39. The topological polar surface area (TPSA) is 37.8 Å². The lowest BCUT2D eigenvalue weighted by Crippen LogP contribution is -2.14. The first-order valence-corrected chi connectivity index (χ1v) is 6.46. The van der Waals surface area contributed by atoms with Crippen LogP contribution in [0.5, 0.6) is 0 Å². The molecule has 0 aromatic carbocycles. The van der Waals surface area contributed by atoms with Crippen LogP contribution in [-0.4, -0.2) is 9.97 Å². The Balaban J connectivity index is 2.24. The molecule has 0 radical (unpaired) electrons. The van der Waals surface area contributed by atoms with Crippen molar-refractivity contribution >= 4 is 17.2 Å². The van der Waals surface area contributed by atoms with Crippen LogP contribution in [0.15, 0.2) is 23.7 Å². The minimum absolute atomic E-state index is 0.171. The van der Waals surface area contributed by atoms with E-state index in [0.29, 0.717) is 0 Å². The number of halogens is 3. The summed E-state index contributed by atoms with van der Waals surface area (Å²) in [5, 5.41) is 5.35. The van der Waals surface area contributed by atoms with E-state index in [4.69, 9.17) is 0 Å². The fraction of sp³-hybridized carbons (Fsp3) is 0.333. The molecule has 0 fully saturated rings. The molecular formula is C12H12F3N3S. The molecule has 0 saturated heterocycles. The lowest BCUT2D eigenvalue weighted by atomic mass is 10.2. The number of nitrogens with zero attached hydrogens (tertiary/aromatic N) is 2. The summed E-state index contributed by atoms with van der Waals surface area (Å²) in [5.74, 6) is -0.171. The number of rotatable bonds is 3. The maximum atomic E-state index is 12.8. The van der Waals surface area contributed by atoms with Gasteiger partial charge in [-0.3, -0.25) is 0 Å². The highest BCUT2D eigenvalue weighted by Crippen LogP contribution is 2.34. The summed E-state index contributed by atoms with van der Waals surface area (Å²) >= 11 is 1.41. The van der Waals surface area contributed by atoms with Crippen LogP contribution in [0.4, 0.5) is 19.0 Å². The summed E-state index contributed by atoms with van der Waals surface area (Å²) in [7, 11) is 0. The van der Waals surface area contributed by atoms with Crippen molar-refractivity contribution in [3.63, 3.8) is 0 Å². The maximum absolute atomic E-state index is 12.8. The molecule has 0 aliphatic rings. The Morgan fingerprint density at radius 2 is 2.11 bits per heavy atom. The van der Waals surface area contributed by atoms with E-state index in [1.165, 1.54) is 23.6 Å². The van der Waals surface area contributed by atoms with E-state index in [-0.39, 0.29) is 11.9 Å². The molecule has 2 aromatic heterocycles. The van der Waals surface area contributed by atoms with Gasteiger partial charge in [0.15, 0.2) is 0 Å². The van der Waals surface area contributed by atoms with Crippen LogP contribution in [-0.2, 0) is 6.18 Å².